The summed E-state index contributed by atoms with van der Waals surface area (Å²) < 4.78 is 4.73. The van der Waals surface area contributed by atoms with Gasteiger partial charge in [0.25, 0.3) is 0 Å². The molecule has 2 aliphatic rings. The number of esters is 1. The van der Waals surface area contributed by atoms with Gasteiger partial charge in [0.15, 0.2) is 0 Å². The minimum absolute atomic E-state index is 0.0569. The third kappa shape index (κ3) is 5.12. The molecule has 1 aromatic carbocycles. The second-order valence-electron chi connectivity index (χ2n) is 8.78. The fourth-order valence-corrected chi connectivity index (χ4v) is 4.71. The molecule has 30 heavy (non-hydrogen) atoms. The van der Waals surface area contributed by atoms with E-state index in [1.54, 1.807) is 12.1 Å². The Balaban J connectivity index is 1.57. The van der Waals surface area contributed by atoms with Gasteiger partial charge in [-0.25, -0.2) is 4.79 Å². The van der Waals surface area contributed by atoms with Gasteiger partial charge in [-0.2, -0.15) is 0 Å². The SMILES string of the molecule is CCCCC1(C(O)C=CC2CCC(=O)N2CCc2ccc(C(=O)OC)cc2)CCC1. The van der Waals surface area contributed by atoms with Crippen LogP contribution in [0.3, 0.4) is 0 Å². The number of hydrogen-bond acceptors (Lipinski definition) is 4. The Morgan fingerprint density at radius 2 is 2.07 bits per heavy atom. The highest BCUT2D eigenvalue weighted by molar-refractivity contribution is 5.89. The number of nitrogens with zero attached hydrogens (tertiary/aromatic N) is 1. The third-order valence-corrected chi connectivity index (χ3v) is 6.91. The van der Waals surface area contributed by atoms with Gasteiger partial charge in [-0.3, -0.25) is 4.79 Å². The van der Waals surface area contributed by atoms with E-state index < -0.39 is 6.10 Å². The lowest BCUT2D eigenvalue weighted by molar-refractivity contribution is -0.128. The fourth-order valence-electron chi connectivity index (χ4n) is 4.71. The number of rotatable bonds is 10. The Hall–Kier alpha value is -2.14. The van der Waals surface area contributed by atoms with Gasteiger partial charge in [0.2, 0.25) is 5.91 Å². The van der Waals surface area contributed by atoms with E-state index in [0.717, 1.165) is 50.5 Å². The molecule has 1 amide bonds. The van der Waals surface area contributed by atoms with E-state index in [4.69, 9.17) is 4.74 Å². The molecule has 164 valence electrons. The number of carbonyl (C=O) groups excluding carboxylic acids is 2. The summed E-state index contributed by atoms with van der Waals surface area (Å²) in [6, 6.07) is 7.40. The van der Waals surface area contributed by atoms with Crippen molar-refractivity contribution in [2.24, 2.45) is 5.41 Å². The second kappa shape index (κ2) is 10.3. The van der Waals surface area contributed by atoms with Crippen LogP contribution in [0.1, 0.15) is 74.2 Å². The summed E-state index contributed by atoms with van der Waals surface area (Å²) in [6.07, 6.45) is 12.5. The predicted octanol–water partition coefficient (Wildman–Crippen LogP) is 4.28. The van der Waals surface area contributed by atoms with E-state index in [9.17, 15) is 14.7 Å². The molecule has 0 radical (unpaired) electrons. The number of carbonyl (C=O) groups is 2. The first-order valence-corrected chi connectivity index (χ1v) is 11.3. The molecule has 0 bridgehead atoms. The molecule has 3 rings (SSSR count). The van der Waals surface area contributed by atoms with Crippen molar-refractivity contribution in [1.82, 2.24) is 4.90 Å². The average Bonchev–Trinajstić information content (AvgIpc) is 3.09. The standard InChI is InChI=1S/C25H35NO4/c1-3-4-15-25(16-5-17-25)22(27)12-10-21-11-13-23(28)26(21)18-14-19-6-8-20(9-7-19)24(29)30-2/h6-10,12,21-22,27H,3-5,11,13-18H2,1-2H3. The summed E-state index contributed by atoms with van der Waals surface area (Å²) in [5.74, 6) is -0.169. The van der Waals surface area contributed by atoms with E-state index in [0.29, 0.717) is 18.5 Å². The predicted molar refractivity (Wildman–Crippen MR) is 117 cm³/mol. The van der Waals surface area contributed by atoms with Crippen molar-refractivity contribution in [3.63, 3.8) is 0 Å². The summed E-state index contributed by atoms with van der Waals surface area (Å²) >= 11 is 0. The second-order valence-corrected chi connectivity index (χ2v) is 8.78. The monoisotopic (exact) mass is 413 g/mol. The number of likely N-dealkylation sites (tertiary alicyclic amines) is 1. The van der Waals surface area contributed by atoms with Crippen LogP contribution in [-0.2, 0) is 16.0 Å². The normalized spacial score (nSPS) is 21.6. The molecule has 1 aromatic rings. The van der Waals surface area contributed by atoms with E-state index in [-0.39, 0.29) is 23.3 Å². The van der Waals surface area contributed by atoms with Crippen LogP contribution in [0.25, 0.3) is 0 Å². The molecule has 2 unspecified atom stereocenters. The largest absolute Gasteiger partial charge is 0.465 e. The smallest absolute Gasteiger partial charge is 0.337 e. The third-order valence-electron chi connectivity index (χ3n) is 6.91. The van der Waals surface area contributed by atoms with Crippen LogP contribution in [0.4, 0.5) is 0 Å². The van der Waals surface area contributed by atoms with Crippen molar-refractivity contribution in [2.45, 2.75) is 76.9 Å². The summed E-state index contributed by atoms with van der Waals surface area (Å²) in [4.78, 5) is 25.9. The van der Waals surface area contributed by atoms with Gasteiger partial charge in [0.05, 0.1) is 24.8 Å². The zero-order chi connectivity index (χ0) is 21.6. The maximum absolute atomic E-state index is 12.4. The molecule has 2 fully saturated rings. The van der Waals surface area contributed by atoms with E-state index in [2.05, 4.69) is 13.0 Å². The summed E-state index contributed by atoms with van der Waals surface area (Å²) in [5.41, 5.74) is 1.67. The van der Waals surface area contributed by atoms with Gasteiger partial charge in [-0.05, 0) is 55.2 Å². The Morgan fingerprint density at radius 3 is 2.67 bits per heavy atom. The number of hydrogen-bond donors (Lipinski definition) is 1. The highest BCUT2D eigenvalue weighted by Gasteiger charge is 2.41. The summed E-state index contributed by atoms with van der Waals surface area (Å²) in [7, 11) is 1.37. The van der Waals surface area contributed by atoms with Crippen LogP contribution in [0, 0.1) is 5.41 Å². The minimum Gasteiger partial charge on any atom is -0.465 e. The van der Waals surface area contributed by atoms with Crippen LogP contribution < -0.4 is 0 Å². The molecule has 5 nitrogen and oxygen atoms in total. The molecule has 2 atom stereocenters. The van der Waals surface area contributed by atoms with Crippen LogP contribution in [0.5, 0.6) is 0 Å². The summed E-state index contributed by atoms with van der Waals surface area (Å²) in [6.45, 7) is 2.84. The number of aliphatic hydroxyl groups is 1. The molecule has 1 N–H and O–H groups in total. The van der Waals surface area contributed by atoms with Crippen molar-refractivity contribution in [3.8, 4) is 0 Å². The fraction of sp³-hybridized carbons (Fsp3) is 0.600. The molecule has 1 heterocycles. The van der Waals surface area contributed by atoms with Crippen molar-refractivity contribution >= 4 is 11.9 Å². The number of aliphatic hydroxyl groups excluding tert-OH is 1. The molecule has 5 heteroatoms. The van der Waals surface area contributed by atoms with E-state index in [1.165, 1.54) is 13.5 Å². The zero-order valence-corrected chi connectivity index (χ0v) is 18.3. The van der Waals surface area contributed by atoms with Crippen molar-refractivity contribution in [2.75, 3.05) is 13.7 Å². The molecule has 0 spiro atoms. The van der Waals surface area contributed by atoms with Gasteiger partial charge in [-0.1, -0.05) is 50.5 Å². The Kier molecular flexibility index (Phi) is 7.70. The highest BCUT2D eigenvalue weighted by Crippen LogP contribution is 2.48. The van der Waals surface area contributed by atoms with Crippen LogP contribution in [0.2, 0.25) is 0 Å². The van der Waals surface area contributed by atoms with Crippen LogP contribution >= 0.6 is 0 Å². The van der Waals surface area contributed by atoms with Crippen LogP contribution in [-0.4, -0.2) is 47.7 Å². The van der Waals surface area contributed by atoms with Gasteiger partial charge in [0, 0.05) is 13.0 Å². The average molecular weight is 414 g/mol. The lowest BCUT2D eigenvalue weighted by Gasteiger charge is -2.45. The van der Waals surface area contributed by atoms with Crippen molar-refractivity contribution in [3.05, 3.63) is 47.5 Å². The molecule has 1 saturated carbocycles. The summed E-state index contributed by atoms with van der Waals surface area (Å²) in [5, 5.41) is 10.8. The maximum Gasteiger partial charge on any atom is 0.337 e. The first kappa shape index (κ1) is 22.5. The quantitative estimate of drug-likeness (QED) is 0.459. The lowest BCUT2D eigenvalue weighted by atomic mass is 9.62. The minimum atomic E-state index is -0.416. The first-order chi connectivity index (χ1) is 14.5. The number of benzene rings is 1. The maximum atomic E-state index is 12.4. The van der Waals surface area contributed by atoms with Crippen molar-refractivity contribution in [1.29, 1.82) is 0 Å². The topological polar surface area (TPSA) is 66.8 Å². The molecule has 1 aliphatic heterocycles. The van der Waals surface area contributed by atoms with Gasteiger partial charge < -0.3 is 14.7 Å². The molecular formula is C25H35NO4. The lowest BCUT2D eigenvalue weighted by Crippen LogP contribution is -2.40. The molecule has 0 aromatic heterocycles. The highest BCUT2D eigenvalue weighted by atomic mass is 16.5. The number of ether oxygens (including phenoxy) is 1. The van der Waals surface area contributed by atoms with Gasteiger partial charge in [0.1, 0.15) is 0 Å². The van der Waals surface area contributed by atoms with E-state index >= 15 is 0 Å². The Bertz CT molecular complexity index is 751. The molecule has 1 aliphatic carbocycles. The zero-order valence-electron chi connectivity index (χ0n) is 18.3. The number of amides is 1. The Labute approximate surface area is 180 Å². The van der Waals surface area contributed by atoms with Crippen LogP contribution in [0.15, 0.2) is 36.4 Å². The van der Waals surface area contributed by atoms with Gasteiger partial charge >= 0.3 is 5.97 Å². The Morgan fingerprint density at radius 1 is 1.33 bits per heavy atom. The van der Waals surface area contributed by atoms with Crippen molar-refractivity contribution < 1.29 is 19.4 Å². The molecule has 1 saturated heterocycles. The number of unbranched alkanes of at least 4 members (excludes halogenated alkanes) is 1. The molecular weight excluding hydrogens is 378 g/mol. The van der Waals surface area contributed by atoms with Gasteiger partial charge in [-0.15, -0.1) is 0 Å². The number of methoxy groups -OCH3 is 1. The first-order valence-electron chi connectivity index (χ1n) is 11.3. The van der Waals surface area contributed by atoms with E-state index in [1.807, 2.05) is 23.1 Å².